The number of rotatable bonds is 6. The number of aromatic nitrogens is 1. The highest BCUT2D eigenvalue weighted by Gasteiger charge is 2.35. The topological polar surface area (TPSA) is 12.9 Å². The summed E-state index contributed by atoms with van der Waals surface area (Å²) >= 11 is 0. The van der Waals surface area contributed by atoms with Gasteiger partial charge < -0.3 is 0 Å². The summed E-state index contributed by atoms with van der Waals surface area (Å²) in [5.74, 6) is 0. The van der Waals surface area contributed by atoms with Gasteiger partial charge in [-0.05, 0) is 103 Å². The second kappa shape index (κ2) is 12.5. The van der Waals surface area contributed by atoms with Crippen molar-refractivity contribution in [1.82, 2.24) is 4.98 Å². The fraction of sp³-hybridized carbons (Fsp3) is 0.0600. The second-order valence-corrected chi connectivity index (χ2v) is 14.0. The molecule has 0 atom stereocenters. The first-order valence-corrected chi connectivity index (χ1v) is 17.7. The van der Waals surface area contributed by atoms with E-state index in [1.807, 2.05) is 12.1 Å². The van der Waals surface area contributed by atoms with Crippen LogP contribution >= 0.6 is 0 Å². The minimum Gasteiger partial charge on any atom is -0.248 e. The number of hydrogen-bond acceptors (Lipinski definition) is 1. The zero-order valence-corrected chi connectivity index (χ0v) is 28.8. The third kappa shape index (κ3) is 5.67. The van der Waals surface area contributed by atoms with Crippen LogP contribution in [0.1, 0.15) is 25.0 Å². The van der Waals surface area contributed by atoms with Gasteiger partial charge in [-0.15, -0.1) is 0 Å². The number of hydrogen-bond donors (Lipinski definition) is 0. The minimum atomic E-state index is -0.0229. The Labute approximate surface area is 300 Å². The molecule has 1 heterocycles. The Morgan fingerprint density at radius 2 is 0.686 bits per heavy atom. The fourth-order valence-electron chi connectivity index (χ4n) is 7.73. The summed E-state index contributed by atoms with van der Waals surface area (Å²) in [6.07, 6.45) is 0. The predicted molar refractivity (Wildman–Crippen MR) is 214 cm³/mol. The molecule has 0 aliphatic heterocycles. The third-order valence-corrected chi connectivity index (χ3v) is 10.5. The summed E-state index contributed by atoms with van der Waals surface area (Å²) in [4.78, 5) is 5.09. The van der Waals surface area contributed by atoms with Crippen LogP contribution < -0.4 is 0 Å². The van der Waals surface area contributed by atoms with Crippen LogP contribution in [-0.2, 0) is 5.41 Å². The molecule has 1 aromatic heterocycles. The van der Waals surface area contributed by atoms with Crippen molar-refractivity contribution < 1.29 is 0 Å². The molecule has 1 nitrogen and oxygen atoms in total. The van der Waals surface area contributed by atoms with Gasteiger partial charge in [0.15, 0.2) is 0 Å². The molecule has 0 amide bonds. The van der Waals surface area contributed by atoms with E-state index in [4.69, 9.17) is 4.98 Å². The molecular formula is C50H37N. The van der Waals surface area contributed by atoms with Crippen LogP contribution in [0.15, 0.2) is 188 Å². The van der Waals surface area contributed by atoms with Crippen molar-refractivity contribution in [3.05, 3.63) is 199 Å². The molecule has 0 N–H and O–H groups in total. The summed E-state index contributed by atoms with van der Waals surface area (Å²) in [6.45, 7) is 4.69. The molecule has 0 spiro atoms. The van der Waals surface area contributed by atoms with Gasteiger partial charge in [-0.25, -0.2) is 4.98 Å². The quantitative estimate of drug-likeness (QED) is 0.174. The average molecular weight is 652 g/mol. The Morgan fingerprint density at radius 3 is 1.20 bits per heavy atom. The molecule has 0 fully saturated rings. The average Bonchev–Trinajstić information content (AvgIpc) is 3.44. The number of fused-ring (bicyclic) bond motifs is 3. The van der Waals surface area contributed by atoms with Crippen molar-refractivity contribution >= 4 is 0 Å². The second-order valence-electron chi connectivity index (χ2n) is 14.0. The molecule has 0 saturated carbocycles. The van der Waals surface area contributed by atoms with E-state index in [1.165, 1.54) is 61.2 Å². The highest BCUT2D eigenvalue weighted by Crippen LogP contribution is 2.49. The van der Waals surface area contributed by atoms with Crippen LogP contribution in [0.2, 0.25) is 0 Å². The van der Waals surface area contributed by atoms with E-state index < -0.39 is 0 Å². The molecule has 9 rings (SSSR count). The lowest BCUT2D eigenvalue weighted by molar-refractivity contribution is 0.660. The molecule has 8 aromatic rings. The van der Waals surface area contributed by atoms with Crippen molar-refractivity contribution in [3.8, 4) is 78.1 Å². The van der Waals surface area contributed by atoms with Crippen molar-refractivity contribution in [3.63, 3.8) is 0 Å². The zero-order valence-electron chi connectivity index (χ0n) is 28.8. The first-order chi connectivity index (χ1) is 25.0. The van der Waals surface area contributed by atoms with E-state index in [2.05, 4.69) is 190 Å². The normalized spacial score (nSPS) is 12.7. The summed E-state index contributed by atoms with van der Waals surface area (Å²) in [6, 6.07) is 67.9. The Morgan fingerprint density at radius 1 is 0.294 bits per heavy atom. The summed E-state index contributed by atoms with van der Waals surface area (Å²) in [5, 5.41) is 0. The molecular weight excluding hydrogens is 615 g/mol. The molecule has 1 heteroatoms. The lowest BCUT2D eigenvalue weighted by atomic mass is 9.81. The molecule has 242 valence electrons. The highest BCUT2D eigenvalue weighted by molar-refractivity contribution is 5.85. The van der Waals surface area contributed by atoms with Crippen LogP contribution in [-0.4, -0.2) is 4.98 Å². The minimum absolute atomic E-state index is 0.0229. The maximum Gasteiger partial charge on any atom is 0.0715 e. The van der Waals surface area contributed by atoms with Crippen LogP contribution in [0.4, 0.5) is 0 Å². The fourth-order valence-corrected chi connectivity index (χ4v) is 7.73. The lowest BCUT2D eigenvalue weighted by Gasteiger charge is -2.22. The van der Waals surface area contributed by atoms with Gasteiger partial charge in [0, 0.05) is 16.5 Å². The van der Waals surface area contributed by atoms with Gasteiger partial charge in [0.1, 0.15) is 0 Å². The molecule has 1 aliphatic rings. The van der Waals surface area contributed by atoms with E-state index in [1.54, 1.807) is 0 Å². The van der Waals surface area contributed by atoms with Gasteiger partial charge >= 0.3 is 0 Å². The molecule has 7 aromatic carbocycles. The maximum atomic E-state index is 5.09. The van der Waals surface area contributed by atoms with Gasteiger partial charge in [-0.1, -0.05) is 166 Å². The predicted octanol–water partition coefficient (Wildman–Crippen LogP) is 13.4. The van der Waals surface area contributed by atoms with Crippen LogP contribution in [0, 0.1) is 0 Å². The molecule has 0 radical (unpaired) electrons. The van der Waals surface area contributed by atoms with Crippen molar-refractivity contribution in [2.45, 2.75) is 19.3 Å². The van der Waals surface area contributed by atoms with Crippen LogP contribution in [0.3, 0.4) is 0 Å². The number of pyridine rings is 1. The smallest absolute Gasteiger partial charge is 0.0715 e. The largest absolute Gasteiger partial charge is 0.248 e. The standard InChI is InChI=1S/C50H37N/c1-50(2)46-25-10-9-24-44(46)45-27-26-42(31-47(45)50)40-22-12-20-38(29-40)36-18-11-19-37(28-36)39-21-13-23-41(30-39)43-32-48(34-14-5-3-6-15-34)51-49(33-43)35-16-7-4-8-17-35/h3-33H,1-2H3. The van der Waals surface area contributed by atoms with Gasteiger partial charge in [0.25, 0.3) is 0 Å². The van der Waals surface area contributed by atoms with E-state index >= 15 is 0 Å². The highest BCUT2D eigenvalue weighted by atomic mass is 14.7. The third-order valence-electron chi connectivity index (χ3n) is 10.5. The molecule has 1 aliphatic carbocycles. The first-order valence-electron chi connectivity index (χ1n) is 17.7. The van der Waals surface area contributed by atoms with Crippen molar-refractivity contribution in [2.75, 3.05) is 0 Å². The molecule has 0 bridgehead atoms. The van der Waals surface area contributed by atoms with Gasteiger partial charge in [-0.3, -0.25) is 0 Å². The number of nitrogens with zero attached hydrogens (tertiary/aromatic N) is 1. The van der Waals surface area contributed by atoms with Gasteiger partial charge in [0.05, 0.1) is 11.4 Å². The van der Waals surface area contributed by atoms with Crippen LogP contribution in [0.25, 0.3) is 78.1 Å². The Kier molecular flexibility index (Phi) is 7.55. The van der Waals surface area contributed by atoms with E-state index in [0.717, 1.165) is 28.1 Å². The number of benzene rings is 7. The van der Waals surface area contributed by atoms with Crippen molar-refractivity contribution in [2.24, 2.45) is 0 Å². The zero-order chi connectivity index (χ0) is 34.4. The van der Waals surface area contributed by atoms with E-state index in [9.17, 15) is 0 Å². The van der Waals surface area contributed by atoms with Gasteiger partial charge in [0.2, 0.25) is 0 Å². The Balaban J connectivity index is 1.06. The molecule has 0 unspecified atom stereocenters. The van der Waals surface area contributed by atoms with Crippen LogP contribution in [0.5, 0.6) is 0 Å². The Hall–Kier alpha value is -6.31. The van der Waals surface area contributed by atoms with E-state index in [0.29, 0.717) is 0 Å². The monoisotopic (exact) mass is 651 g/mol. The SMILES string of the molecule is CC1(C)c2ccccc2-c2ccc(-c3cccc(-c4cccc(-c5cccc(-c6cc(-c7ccccc7)nc(-c7ccccc7)c6)c5)c4)c3)cc21. The van der Waals surface area contributed by atoms with Gasteiger partial charge in [-0.2, -0.15) is 0 Å². The maximum absolute atomic E-state index is 5.09. The molecule has 0 saturated heterocycles. The lowest BCUT2D eigenvalue weighted by Crippen LogP contribution is -2.14. The van der Waals surface area contributed by atoms with Crippen molar-refractivity contribution in [1.29, 1.82) is 0 Å². The summed E-state index contributed by atoms with van der Waals surface area (Å²) in [5.41, 5.74) is 19.2. The first kappa shape index (κ1) is 30.7. The Bertz CT molecular complexity index is 2480. The summed E-state index contributed by atoms with van der Waals surface area (Å²) in [7, 11) is 0. The molecule has 51 heavy (non-hydrogen) atoms. The van der Waals surface area contributed by atoms with E-state index in [-0.39, 0.29) is 5.41 Å². The summed E-state index contributed by atoms with van der Waals surface area (Å²) < 4.78 is 0.